The highest BCUT2D eigenvalue weighted by Gasteiger charge is 2.43. The van der Waals surface area contributed by atoms with Crippen LogP contribution < -0.4 is 10.2 Å². The first kappa shape index (κ1) is 18.3. The van der Waals surface area contributed by atoms with Gasteiger partial charge in [0.15, 0.2) is 0 Å². The van der Waals surface area contributed by atoms with Gasteiger partial charge in [0.1, 0.15) is 5.56 Å². The van der Waals surface area contributed by atoms with Crippen LogP contribution in [0.2, 0.25) is 0 Å². The summed E-state index contributed by atoms with van der Waals surface area (Å²) in [6.45, 7) is 1.55. The van der Waals surface area contributed by atoms with Crippen molar-refractivity contribution in [2.24, 2.45) is 0 Å². The first-order valence-electron chi connectivity index (χ1n) is 7.26. The number of amides is 1. The Morgan fingerprint density at radius 2 is 1.83 bits per heavy atom. The molecule has 1 aromatic rings. The van der Waals surface area contributed by atoms with E-state index in [-0.39, 0.29) is 11.3 Å². The van der Waals surface area contributed by atoms with Crippen LogP contribution >= 0.6 is 34.8 Å². The predicted molar refractivity (Wildman–Crippen MR) is 89.2 cm³/mol. The fourth-order valence-electron chi connectivity index (χ4n) is 2.74. The highest BCUT2D eigenvalue weighted by Crippen LogP contribution is 2.28. The summed E-state index contributed by atoms with van der Waals surface area (Å²) < 4.78 is -1.70. The second-order valence-corrected chi connectivity index (χ2v) is 7.81. The number of nitro benzene ring substituents is 1. The van der Waals surface area contributed by atoms with Crippen LogP contribution in [0.25, 0.3) is 0 Å². The number of nitrogens with one attached hydrogen (secondary N) is 2. The molecule has 1 heterocycles. The smallest absolute Gasteiger partial charge is 0.282 e. The number of nitrogens with zero attached hydrogens (tertiary/aromatic N) is 1. The summed E-state index contributed by atoms with van der Waals surface area (Å²) in [4.78, 5) is 23.9. The highest BCUT2D eigenvalue weighted by atomic mass is 35.6. The van der Waals surface area contributed by atoms with Crippen molar-refractivity contribution >= 4 is 46.4 Å². The quantitative estimate of drug-likeness (QED) is 0.476. The van der Waals surface area contributed by atoms with Gasteiger partial charge in [-0.25, -0.2) is 0 Å². The summed E-state index contributed by atoms with van der Waals surface area (Å²) in [5.41, 5.74) is -0.324. The van der Waals surface area contributed by atoms with Gasteiger partial charge in [-0.1, -0.05) is 46.9 Å². The number of carbonyl (C=O) groups is 1. The lowest BCUT2D eigenvalue weighted by Crippen LogP contribution is -3.20. The van der Waals surface area contributed by atoms with Crippen molar-refractivity contribution in [2.45, 2.75) is 29.2 Å². The molecule has 0 spiro atoms. The minimum absolute atomic E-state index is 0.0480. The number of piperidine rings is 1. The molecule has 1 saturated heterocycles. The van der Waals surface area contributed by atoms with Crippen molar-refractivity contribution in [2.75, 3.05) is 13.1 Å². The van der Waals surface area contributed by atoms with Crippen molar-refractivity contribution < 1.29 is 14.6 Å². The molecule has 6 nitrogen and oxygen atoms in total. The van der Waals surface area contributed by atoms with Crippen molar-refractivity contribution in [3.05, 3.63) is 39.9 Å². The van der Waals surface area contributed by atoms with Gasteiger partial charge in [0.05, 0.1) is 18.0 Å². The van der Waals surface area contributed by atoms with Crippen LogP contribution in [0.1, 0.15) is 29.6 Å². The van der Waals surface area contributed by atoms with Gasteiger partial charge in [0.2, 0.25) is 6.17 Å². The zero-order chi connectivity index (χ0) is 17.0. The molecule has 2 N–H and O–H groups in total. The maximum atomic E-state index is 12.5. The average Bonchev–Trinajstić information content (AvgIpc) is 2.52. The molecule has 126 valence electrons. The SMILES string of the molecule is O=C(N[C@H]([NH+]1CCCCC1)C(Cl)(Cl)Cl)c1ccccc1[N+](=O)[O-]. The molecule has 0 saturated carbocycles. The number of alkyl halides is 3. The molecular weight excluding hydrogens is 365 g/mol. The van der Waals surface area contributed by atoms with Crippen LogP contribution in [0.5, 0.6) is 0 Å². The van der Waals surface area contributed by atoms with Gasteiger partial charge in [-0.3, -0.25) is 20.2 Å². The molecule has 1 aromatic carbocycles. The molecule has 0 aromatic heterocycles. The Hall–Kier alpha value is -1.08. The van der Waals surface area contributed by atoms with E-state index in [4.69, 9.17) is 34.8 Å². The van der Waals surface area contributed by atoms with Gasteiger partial charge >= 0.3 is 0 Å². The molecule has 0 bridgehead atoms. The summed E-state index contributed by atoms with van der Waals surface area (Å²) in [5.74, 6) is -0.619. The maximum Gasteiger partial charge on any atom is 0.282 e. The van der Waals surface area contributed by atoms with Gasteiger partial charge < -0.3 is 4.90 Å². The summed E-state index contributed by atoms with van der Waals surface area (Å²) in [6.07, 6.45) is 2.30. The third kappa shape index (κ3) is 4.70. The lowest BCUT2D eigenvalue weighted by Gasteiger charge is -2.35. The van der Waals surface area contributed by atoms with Crippen molar-refractivity contribution in [3.8, 4) is 0 Å². The van der Waals surface area contributed by atoms with E-state index in [2.05, 4.69) is 5.32 Å². The minimum Gasteiger partial charge on any atom is -0.312 e. The zero-order valence-electron chi connectivity index (χ0n) is 12.2. The van der Waals surface area contributed by atoms with Crippen LogP contribution in [0.3, 0.4) is 0 Å². The molecular formula is C14H17Cl3N3O3+. The fourth-order valence-corrected chi connectivity index (χ4v) is 3.37. The third-order valence-electron chi connectivity index (χ3n) is 3.85. The number of hydrogen-bond acceptors (Lipinski definition) is 3. The highest BCUT2D eigenvalue weighted by molar-refractivity contribution is 6.68. The summed E-state index contributed by atoms with van der Waals surface area (Å²) in [7, 11) is 0. The Kier molecular flexibility index (Phi) is 6.08. The van der Waals surface area contributed by atoms with E-state index in [0.717, 1.165) is 37.3 Å². The predicted octanol–water partition coefficient (Wildman–Crippen LogP) is 2.09. The van der Waals surface area contributed by atoms with Crippen LogP contribution in [-0.2, 0) is 0 Å². The number of para-hydroxylation sites is 1. The molecule has 0 radical (unpaired) electrons. The number of carbonyl (C=O) groups excluding carboxylic acids is 1. The molecule has 9 heteroatoms. The van der Waals surface area contributed by atoms with E-state index in [1.165, 1.54) is 18.2 Å². The van der Waals surface area contributed by atoms with Crippen molar-refractivity contribution in [1.82, 2.24) is 5.32 Å². The molecule has 1 amide bonds. The zero-order valence-corrected chi connectivity index (χ0v) is 14.5. The standard InChI is InChI=1S/C14H16Cl3N3O3/c15-14(16,17)13(19-8-4-1-5-9-19)18-12(21)10-6-2-3-7-11(10)20(22)23/h2-3,6-7,13H,1,4-5,8-9H2,(H,18,21)/p+1/t13-/m1/s1. The Morgan fingerprint density at radius 3 is 2.39 bits per heavy atom. The Morgan fingerprint density at radius 1 is 1.22 bits per heavy atom. The number of benzene rings is 1. The lowest BCUT2D eigenvalue weighted by molar-refractivity contribution is -0.931. The Labute approximate surface area is 148 Å². The number of hydrogen-bond donors (Lipinski definition) is 2. The van der Waals surface area contributed by atoms with Crippen LogP contribution in [-0.4, -0.2) is 33.9 Å². The summed E-state index contributed by atoms with van der Waals surface area (Å²) in [5, 5.41) is 13.7. The normalized spacial score (nSPS) is 17.5. The van der Waals surface area contributed by atoms with E-state index in [1.54, 1.807) is 6.07 Å². The number of quaternary nitrogens is 1. The molecule has 23 heavy (non-hydrogen) atoms. The third-order valence-corrected chi connectivity index (χ3v) is 4.51. The van der Waals surface area contributed by atoms with Gasteiger partial charge in [0, 0.05) is 6.07 Å². The number of nitro groups is 1. The molecule has 0 aliphatic carbocycles. The minimum atomic E-state index is -1.70. The lowest BCUT2D eigenvalue weighted by atomic mass is 10.1. The monoisotopic (exact) mass is 380 g/mol. The van der Waals surface area contributed by atoms with Crippen LogP contribution in [0.15, 0.2) is 24.3 Å². The van der Waals surface area contributed by atoms with E-state index in [1.807, 2.05) is 0 Å². The first-order chi connectivity index (χ1) is 10.8. The Bertz CT molecular complexity index is 586. The number of halogens is 3. The second-order valence-electron chi connectivity index (χ2n) is 5.44. The van der Waals surface area contributed by atoms with Gasteiger partial charge in [0.25, 0.3) is 15.4 Å². The number of likely N-dealkylation sites (tertiary alicyclic amines) is 1. The average molecular weight is 382 g/mol. The largest absolute Gasteiger partial charge is 0.312 e. The Balaban J connectivity index is 2.22. The van der Waals surface area contributed by atoms with Crippen molar-refractivity contribution in [3.63, 3.8) is 0 Å². The van der Waals surface area contributed by atoms with E-state index >= 15 is 0 Å². The van der Waals surface area contributed by atoms with E-state index in [9.17, 15) is 14.9 Å². The second kappa shape index (κ2) is 7.66. The summed E-state index contributed by atoms with van der Waals surface area (Å²) in [6, 6.07) is 5.71. The maximum absolute atomic E-state index is 12.5. The van der Waals surface area contributed by atoms with Gasteiger partial charge in [-0.2, -0.15) is 0 Å². The summed E-state index contributed by atoms with van der Waals surface area (Å²) >= 11 is 18.1. The molecule has 1 fully saturated rings. The molecule has 1 atom stereocenters. The fraction of sp³-hybridized carbons (Fsp3) is 0.500. The molecule has 2 rings (SSSR count). The number of rotatable bonds is 4. The van der Waals surface area contributed by atoms with E-state index in [0.29, 0.717) is 0 Å². The van der Waals surface area contributed by atoms with E-state index < -0.39 is 20.8 Å². The van der Waals surface area contributed by atoms with Gasteiger partial charge in [-0.15, -0.1) is 0 Å². The van der Waals surface area contributed by atoms with Crippen LogP contribution in [0, 0.1) is 10.1 Å². The molecule has 1 aliphatic heterocycles. The first-order valence-corrected chi connectivity index (χ1v) is 8.39. The van der Waals surface area contributed by atoms with Gasteiger partial charge in [-0.05, 0) is 25.3 Å². The topological polar surface area (TPSA) is 76.7 Å². The molecule has 1 aliphatic rings. The van der Waals surface area contributed by atoms with Crippen LogP contribution in [0.4, 0.5) is 5.69 Å². The molecule has 0 unspecified atom stereocenters. The van der Waals surface area contributed by atoms with Crippen molar-refractivity contribution in [1.29, 1.82) is 0 Å².